The zero-order valence-corrected chi connectivity index (χ0v) is 17.0. The number of Topliss-reactive ketones (excluding diaryl/α,β-unsaturated/α-hetero) is 1. The van der Waals surface area contributed by atoms with Crippen LogP contribution in [0.25, 0.3) is 22.2 Å². The molecule has 4 aromatic rings. The lowest BCUT2D eigenvalue weighted by atomic mass is 9.96. The molecule has 3 heterocycles. The number of fused-ring (bicyclic) bond motifs is 1. The van der Waals surface area contributed by atoms with E-state index in [2.05, 4.69) is 20.0 Å². The van der Waals surface area contributed by atoms with Crippen molar-refractivity contribution in [3.63, 3.8) is 0 Å². The highest BCUT2D eigenvalue weighted by molar-refractivity contribution is 6.14. The first-order valence-corrected chi connectivity index (χ1v) is 10.4. The highest BCUT2D eigenvalue weighted by atomic mass is 16.5. The third-order valence-electron chi connectivity index (χ3n) is 5.81. The first-order chi connectivity index (χ1) is 14.7. The van der Waals surface area contributed by atoms with Crippen molar-refractivity contribution in [3.05, 3.63) is 71.9 Å². The Labute approximate surface area is 174 Å². The van der Waals surface area contributed by atoms with Crippen LogP contribution in [0.4, 0.5) is 0 Å². The molecule has 2 aromatic heterocycles. The zero-order valence-electron chi connectivity index (χ0n) is 17.0. The Morgan fingerprint density at radius 2 is 1.97 bits per heavy atom. The standard InChI is InChI=1S/C24H24N4O2/c1-16-25-24(30-27-16)18-10-7-13-28(14-18)15-21(29)22-19-11-5-6-12-20(19)26-23(22)17-8-3-2-4-9-17/h2-6,8-9,11-12,18,26H,7,10,13-15H2,1H3. The number of rotatable bonds is 5. The van der Waals surface area contributed by atoms with E-state index >= 15 is 0 Å². The van der Waals surface area contributed by atoms with Crippen molar-refractivity contribution in [2.45, 2.75) is 25.7 Å². The number of aromatic amines is 1. The lowest BCUT2D eigenvalue weighted by Crippen LogP contribution is -2.38. The van der Waals surface area contributed by atoms with E-state index in [4.69, 9.17) is 4.52 Å². The fourth-order valence-electron chi connectivity index (χ4n) is 4.41. The van der Waals surface area contributed by atoms with E-state index < -0.39 is 0 Å². The van der Waals surface area contributed by atoms with Gasteiger partial charge in [-0.1, -0.05) is 53.7 Å². The highest BCUT2D eigenvalue weighted by Gasteiger charge is 2.28. The molecule has 152 valence electrons. The van der Waals surface area contributed by atoms with Gasteiger partial charge in [0, 0.05) is 17.4 Å². The number of aryl methyl sites for hydroxylation is 1. The van der Waals surface area contributed by atoms with Crippen LogP contribution < -0.4 is 0 Å². The molecule has 1 unspecified atom stereocenters. The fourth-order valence-corrected chi connectivity index (χ4v) is 4.41. The summed E-state index contributed by atoms with van der Waals surface area (Å²) in [5.74, 6) is 1.66. The SMILES string of the molecule is Cc1noc(C2CCCN(CC(=O)c3c(-c4ccccc4)[nH]c4ccccc34)C2)n1. The van der Waals surface area contributed by atoms with Gasteiger partial charge in [-0.15, -0.1) is 0 Å². The summed E-state index contributed by atoms with van der Waals surface area (Å²) in [4.78, 5) is 23.6. The van der Waals surface area contributed by atoms with Gasteiger partial charge >= 0.3 is 0 Å². The van der Waals surface area contributed by atoms with Gasteiger partial charge in [0.1, 0.15) is 0 Å². The molecule has 6 nitrogen and oxygen atoms in total. The third kappa shape index (κ3) is 3.55. The van der Waals surface area contributed by atoms with E-state index in [-0.39, 0.29) is 11.7 Å². The molecular weight excluding hydrogens is 376 g/mol. The number of para-hydroxylation sites is 1. The van der Waals surface area contributed by atoms with Crippen LogP contribution >= 0.6 is 0 Å². The second kappa shape index (κ2) is 7.88. The Bertz CT molecular complexity index is 1180. The largest absolute Gasteiger partial charge is 0.354 e. The minimum atomic E-state index is 0.133. The van der Waals surface area contributed by atoms with Crippen molar-refractivity contribution < 1.29 is 9.32 Å². The molecule has 1 fully saturated rings. The third-order valence-corrected chi connectivity index (χ3v) is 5.81. The summed E-state index contributed by atoms with van der Waals surface area (Å²) in [6, 6.07) is 18.1. The minimum Gasteiger partial charge on any atom is -0.354 e. The number of aromatic nitrogens is 3. The normalized spacial score (nSPS) is 17.4. The van der Waals surface area contributed by atoms with Gasteiger partial charge in [0.05, 0.1) is 23.7 Å². The van der Waals surface area contributed by atoms with E-state index in [0.29, 0.717) is 18.3 Å². The van der Waals surface area contributed by atoms with Crippen LogP contribution in [-0.2, 0) is 0 Å². The van der Waals surface area contributed by atoms with Crippen molar-refractivity contribution in [1.29, 1.82) is 0 Å². The molecule has 0 aliphatic carbocycles. The van der Waals surface area contributed by atoms with Crippen LogP contribution in [-0.4, -0.2) is 45.4 Å². The highest BCUT2D eigenvalue weighted by Crippen LogP contribution is 2.32. The van der Waals surface area contributed by atoms with Gasteiger partial charge in [-0.2, -0.15) is 4.98 Å². The fraction of sp³-hybridized carbons (Fsp3) is 0.292. The average Bonchev–Trinajstić information content (AvgIpc) is 3.38. The molecule has 2 aromatic carbocycles. The Balaban J connectivity index is 1.43. The number of benzene rings is 2. The van der Waals surface area contributed by atoms with E-state index in [0.717, 1.165) is 53.7 Å². The van der Waals surface area contributed by atoms with Gasteiger partial charge in [-0.05, 0) is 37.9 Å². The van der Waals surface area contributed by atoms with Gasteiger partial charge in [-0.3, -0.25) is 9.69 Å². The van der Waals surface area contributed by atoms with Crippen LogP contribution in [0.2, 0.25) is 0 Å². The number of ketones is 1. The monoisotopic (exact) mass is 400 g/mol. The first kappa shape index (κ1) is 18.8. The molecule has 30 heavy (non-hydrogen) atoms. The average molecular weight is 400 g/mol. The Hall–Kier alpha value is -3.25. The number of carbonyl (C=O) groups is 1. The molecule has 1 aliphatic heterocycles. The van der Waals surface area contributed by atoms with E-state index in [1.807, 2.05) is 61.5 Å². The molecule has 1 atom stereocenters. The molecule has 1 saturated heterocycles. The maximum atomic E-state index is 13.5. The summed E-state index contributed by atoms with van der Waals surface area (Å²) in [6.45, 7) is 3.87. The van der Waals surface area contributed by atoms with Gasteiger partial charge in [0.15, 0.2) is 11.6 Å². The molecule has 6 heteroatoms. The maximum Gasteiger partial charge on any atom is 0.231 e. The van der Waals surface area contributed by atoms with Crippen LogP contribution in [0.3, 0.4) is 0 Å². The smallest absolute Gasteiger partial charge is 0.231 e. The molecular formula is C24H24N4O2. The summed E-state index contributed by atoms with van der Waals surface area (Å²) >= 11 is 0. The van der Waals surface area contributed by atoms with E-state index in [1.54, 1.807) is 0 Å². The first-order valence-electron chi connectivity index (χ1n) is 10.4. The second-order valence-corrected chi connectivity index (χ2v) is 7.96. The number of likely N-dealkylation sites (tertiary alicyclic amines) is 1. The van der Waals surface area contributed by atoms with Crippen LogP contribution in [0, 0.1) is 6.92 Å². The lowest BCUT2D eigenvalue weighted by Gasteiger charge is -2.30. The number of nitrogens with one attached hydrogen (secondary N) is 1. The Morgan fingerprint density at radius 3 is 2.77 bits per heavy atom. The van der Waals surface area contributed by atoms with E-state index in [9.17, 15) is 4.79 Å². The van der Waals surface area contributed by atoms with Crippen LogP contribution in [0.15, 0.2) is 59.1 Å². The van der Waals surface area contributed by atoms with Crippen molar-refractivity contribution in [2.75, 3.05) is 19.6 Å². The summed E-state index contributed by atoms with van der Waals surface area (Å²) in [6.07, 6.45) is 2.02. The summed E-state index contributed by atoms with van der Waals surface area (Å²) in [5.41, 5.74) is 3.67. The number of carbonyl (C=O) groups excluding carboxylic acids is 1. The number of hydrogen-bond acceptors (Lipinski definition) is 5. The van der Waals surface area contributed by atoms with Crippen molar-refractivity contribution in [1.82, 2.24) is 20.0 Å². The van der Waals surface area contributed by atoms with Crippen LogP contribution in [0.5, 0.6) is 0 Å². The van der Waals surface area contributed by atoms with Crippen molar-refractivity contribution in [2.24, 2.45) is 0 Å². The molecule has 0 radical (unpaired) electrons. The maximum absolute atomic E-state index is 13.5. The van der Waals surface area contributed by atoms with Gasteiger partial charge < -0.3 is 9.51 Å². The summed E-state index contributed by atoms with van der Waals surface area (Å²) in [7, 11) is 0. The Morgan fingerprint density at radius 1 is 1.17 bits per heavy atom. The van der Waals surface area contributed by atoms with E-state index in [1.165, 1.54) is 0 Å². The number of nitrogens with zero attached hydrogens (tertiary/aromatic N) is 3. The van der Waals surface area contributed by atoms with Crippen LogP contribution in [0.1, 0.15) is 40.8 Å². The molecule has 0 spiro atoms. The number of piperidine rings is 1. The lowest BCUT2D eigenvalue weighted by molar-refractivity contribution is 0.0901. The summed E-state index contributed by atoms with van der Waals surface area (Å²) in [5, 5.41) is 4.90. The van der Waals surface area contributed by atoms with Gasteiger partial charge in [-0.25, -0.2) is 0 Å². The number of H-pyrrole nitrogens is 1. The van der Waals surface area contributed by atoms with Crippen molar-refractivity contribution >= 4 is 16.7 Å². The second-order valence-electron chi connectivity index (χ2n) is 7.96. The zero-order chi connectivity index (χ0) is 20.5. The predicted octanol–water partition coefficient (Wildman–Crippen LogP) is 4.59. The molecule has 0 amide bonds. The summed E-state index contributed by atoms with van der Waals surface area (Å²) < 4.78 is 5.39. The van der Waals surface area contributed by atoms with Gasteiger partial charge in [0.25, 0.3) is 0 Å². The predicted molar refractivity (Wildman–Crippen MR) is 116 cm³/mol. The Kier molecular flexibility index (Phi) is 4.93. The molecule has 0 bridgehead atoms. The number of hydrogen-bond donors (Lipinski definition) is 1. The molecule has 5 rings (SSSR count). The molecule has 0 saturated carbocycles. The minimum absolute atomic E-state index is 0.133. The quantitative estimate of drug-likeness (QED) is 0.496. The van der Waals surface area contributed by atoms with Crippen molar-refractivity contribution in [3.8, 4) is 11.3 Å². The van der Waals surface area contributed by atoms with Gasteiger partial charge in [0.2, 0.25) is 5.89 Å². The molecule has 1 aliphatic rings. The molecule has 1 N–H and O–H groups in total. The topological polar surface area (TPSA) is 75.0 Å².